The van der Waals surface area contributed by atoms with Gasteiger partial charge in [-0.1, -0.05) is 30.3 Å². The second-order valence-corrected chi connectivity index (χ2v) is 9.60. The Morgan fingerprint density at radius 3 is 2.32 bits per heavy atom. The Hall–Kier alpha value is -3.85. The fraction of sp³-hybridized carbons (Fsp3) is 0.200. The number of rotatable bonds is 7. The maximum Gasteiger partial charge on any atom is 0.323 e. The Labute approximate surface area is 198 Å². The number of amides is 2. The molecule has 0 unspecified atom stereocenters. The number of fused-ring (bicyclic) bond motifs is 1. The van der Waals surface area contributed by atoms with E-state index in [0.717, 1.165) is 11.1 Å². The summed E-state index contributed by atoms with van der Waals surface area (Å²) in [4.78, 5) is 24.3. The minimum Gasteiger partial charge on any atom is -0.466 e. The predicted molar refractivity (Wildman–Crippen MR) is 131 cm³/mol. The molecule has 0 atom stereocenters. The molecule has 2 amide bonds. The number of esters is 1. The van der Waals surface area contributed by atoms with Crippen molar-refractivity contribution in [3.8, 4) is 0 Å². The van der Waals surface area contributed by atoms with Crippen LogP contribution in [-0.2, 0) is 32.4 Å². The van der Waals surface area contributed by atoms with Crippen molar-refractivity contribution in [2.24, 2.45) is 0 Å². The number of urea groups is 1. The predicted octanol–water partition coefficient (Wildman–Crippen LogP) is 4.19. The number of anilines is 3. The van der Waals surface area contributed by atoms with Crippen LogP contribution in [0.2, 0.25) is 0 Å². The summed E-state index contributed by atoms with van der Waals surface area (Å²) in [6.07, 6.45) is 0.729. The van der Waals surface area contributed by atoms with Gasteiger partial charge < -0.3 is 15.4 Å². The standard InChI is InChI=1S/C25H25N3O5S/c1-2-33-24(29)16-18-8-10-20(11-9-18)26-25(30)27-21-12-13-23-19(17-21)14-15-28(23)34(31,32)22-6-4-3-5-7-22/h3-13,17H,2,14-16H2,1H3,(H2,26,27,30). The average Bonchev–Trinajstić information content (AvgIpc) is 3.25. The van der Waals surface area contributed by atoms with Gasteiger partial charge in [-0.05, 0) is 66.9 Å². The van der Waals surface area contributed by atoms with Gasteiger partial charge in [0.05, 0.1) is 23.6 Å². The summed E-state index contributed by atoms with van der Waals surface area (Å²) in [6, 6.07) is 20.0. The number of nitrogens with zero attached hydrogens (tertiary/aromatic N) is 1. The molecule has 3 aromatic carbocycles. The first-order chi connectivity index (χ1) is 16.4. The number of hydrogen-bond donors (Lipinski definition) is 2. The summed E-state index contributed by atoms with van der Waals surface area (Å²) in [5.41, 5.74) is 3.39. The highest BCUT2D eigenvalue weighted by Gasteiger charge is 2.30. The Morgan fingerprint density at radius 2 is 1.62 bits per heavy atom. The van der Waals surface area contributed by atoms with Gasteiger partial charge in [-0.15, -0.1) is 0 Å². The molecule has 0 radical (unpaired) electrons. The molecule has 34 heavy (non-hydrogen) atoms. The number of carbonyl (C=O) groups excluding carboxylic acids is 2. The minimum atomic E-state index is -3.64. The van der Waals surface area contributed by atoms with Crippen LogP contribution >= 0.6 is 0 Å². The number of nitrogens with one attached hydrogen (secondary N) is 2. The van der Waals surface area contributed by atoms with E-state index >= 15 is 0 Å². The van der Waals surface area contributed by atoms with Crippen molar-refractivity contribution in [2.45, 2.75) is 24.7 Å². The molecule has 0 bridgehead atoms. The van der Waals surface area contributed by atoms with E-state index in [1.807, 2.05) is 0 Å². The van der Waals surface area contributed by atoms with Gasteiger partial charge in [0.25, 0.3) is 10.0 Å². The van der Waals surface area contributed by atoms with E-state index in [9.17, 15) is 18.0 Å². The summed E-state index contributed by atoms with van der Waals surface area (Å²) in [7, 11) is -3.64. The van der Waals surface area contributed by atoms with Gasteiger partial charge in [-0.2, -0.15) is 0 Å². The molecule has 0 fully saturated rings. The molecule has 0 aromatic heterocycles. The van der Waals surface area contributed by atoms with Gasteiger partial charge in [-0.3, -0.25) is 9.10 Å². The Kier molecular flexibility index (Phi) is 6.83. The number of benzene rings is 3. The van der Waals surface area contributed by atoms with E-state index in [2.05, 4.69) is 10.6 Å². The number of ether oxygens (including phenoxy) is 1. The summed E-state index contributed by atoms with van der Waals surface area (Å²) in [6.45, 7) is 2.44. The van der Waals surface area contributed by atoms with Crippen LogP contribution in [0.3, 0.4) is 0 Å². The van der Waals surface area contributed by atoms with Crippen molar-refractivity contribution < 1.29 is 22.7 Å². The molecule has 0 aliphatic carbocycles. The zero-order valence-electron chi connectivity index (χ0n) is 18.7. The molecular weight excluding hydrogens is 454 g/mol. The highest BCUT2D eigenvalue weighted by molar-refractivity contribution is 7.92. The number of carbonyl (C=O) groups is 2. The smallest absolute Gasteiger partial charge is 0.323 e. The minimum absolute atomic E-state index is 0.173. The number of sulfonamides is 1. The summed E-state index contributed by atoms with van der Waals surface area (Å²) < 4.78 is 32.3. The van der Waals surface area contributed by atoms with Crippen molar-refractivity contribution in [1.82, 2.24) is 0 Å². The molecule has 1 heterocycles. The van der Waals surface area contributed by atoms with Crippen molar-refractivity contribution in [3.63, 3.8) is 0 Å². The third-order valence-electron chi connectivity index (χ3n) is 5.39. The van der Waals surface area contributed by atoms with Gasteiger partial charge in [0.15, 0.2) is 0 Å². The molecule has 9 heteroatoms. The third-order valence-corrected chi connectivity index (χ3v) is 7.21. The molecule has 0 spiro atoms. The lowest BCUT2D eigenvalue weighted by Crippen LogP contribution is -2.29. The molecule has 3 aromatic rings. The fourth-order valence-electron chi connectivity index (χ4n) is 3.80. The van der Waals surface area contributed by atoms with Gasteiger partial charge in [0, 0.05) is 17.9 Å². The summed E-state index contributed by atoms with van der Waals surface area (Å²) in [5.74, 6) is -0.298. The lowest BCUT2D eigenvalue weighted by molar-refractivity contribution is -0.142. The van der Waals surface area contributed by atoms with E-state index in [1.54, 1.807) is 79.7 Å². The Bertz CT molecular complexity index is 1290. The average molecular weight is 480 g/mol. The van der Waals surface area contributed by atoms with Crippen LogP contribution in [0.5, 0.6) is 0 Å². The zero-order valence-corrected chi connectivity index (χ0v) is 19.5. The molecule has 4 rings (SSSR count). The van der Waals surface area contributed by atoms with Crippen molar-refractivity contribution in [1.29, 1.82) is 0 Å². The molecule has 2 N–H and O–H groups in total. The maximum absolute atomic E-state index is 13.0. The molecular formula is C25H25N3O5S. The van der Waals surface area contributed by atoms with Crippen LogP contribution in [0.1, 0.15) is 18.1 Å². The molecule has 176 valence electrons. The van der Waals surface area contributed by atoms with Crippen LogP contribution in [-0.4, -0.2) is 33.6 Å². The molecule has 1 aliphatic heterocycles. The largest absolute Gasteiger partial charge is 0.466 e. The van der Waals surface area contributed by atoms with Crippen molar-refractivity contribution >= 4 is 39.1 Å². The van der Waals surface area contributed by atoms with Crippen LogP contribution in [0.25, 0.3) is 0 Å². The number of hydrogen-bond acceptors (Lipinski definition) is 5. The normalized spacial score (nSPS) is 12.7. The zero-order chi connectivity index (χ0) is 24.1. The molecule has 1 aliphatic rings. The fourth-order valence-corrected chi connectivity index (χ4v) is 5.32. The lowest BCUT2D eigenvalue weighted by atomic mass is 10.1. The van der Waals surface area contributed by atoms with E-state index in [4.69, 9.17) is 4.74 Å². The summed E-state index contributed by atoms with van der Waals surface area (Å²) in [5, 5.41) is 5.52. The quantitative estimate of drug-likeness (QED) is 0.495. The van der Waals surface area contributed by atoms with Crippen LogP contribution < -0.4 is 14.9 Å². The highest BCUT2D eigenvalue weighted by atomic mass is 32.2. The maximum atomic E-state index is 13.0. The van der Waals surface area contributed by atoms with Gasteiger partial charge in [0.1, 0.15) is 0 Å². The Balaban J connectivity index is 1.39. The topological polar surface area (TPSA) is 105 Å². The first kappa shape index (κ1) is 23.3. The van der Waals surface area contributed by atoms with Crippen LogP contribution in [0, 0.1) is 0 Å². The first-order valence-electron chi connectivity index (χ1n) is 10.9. The summed E-state index contributed by atoms with van der Waals surface area (Å²) >= 11 is 0. The van der Waals surface area contributed by atoms with Gasteiger partial charge >= 0.3 is 12.0 Å². The monoisotopic (exact) mass is 479 g/mol. The second kappa shape index (κ2) is 9.96. The SMILES string of the molecule is CCOC(=O)Cc1ccc(NC(=O)Nc2ccc3c(c2)CCN3S(=O)(=O)c2ccccc2)cc1. The van der Waals surface area contributed by atoms with Gasteiger partial charge in [0.2, 0.25) is 0 Å². The van der Waals surface area contributed by atoms with E-state index in [-0.39, 0.29) is 17.3 Å². The van der Waals surface area contributed by atoms with Crippen molar-refractivity contribution in [3.05, 3.63) is 83.9 Å². The highest BCUT2D eigenvalue weighted by Crippen LogP contribution is 2.34. The van der Waals surface area contributed by atoms with Gasteiger partial charge in [-0.25, -0.2) is 13.2 Å². The molecule has 8 nitrogen and oxygen atoms in total. The van der Waals surface area contributed by atoms with E-state index in [0.29, 0.717) is 36.6 Å². The van der Waals surface area contributed by atoms with Crippen LogP contribution in [0.4, 0.5) is 21.9 Å². The first-order valence-corrected chi connectivity index (χ1v) is 12.3. The lowest BCUT2D eigenvalue weighted by Gasteiger charge is -2.19. The third kappa shape index (κ3) is 5.20. The van der Waals surface area contributed by atoms with Crippen molar-refractivity contribution in [2.75, 3.05) is 28.1 Å². The van der Waals surface area contributed by atoms with E-state index < -0.39 is 16.1 Å². The molecule has 0 saturated carbocycles. The Morgan fingerprint density at radius 1 is 0.941 bits per heavy atom. The van der Waals surface area contributed by atoms with E-state index in [1.165, 1.54) is 4.31 Å². The second-order valence-electron chi connectivity index (χ2n) is 7.74. The molecule has 0 saturated heterocycles. The van der Waals surface area contributed by atoms with Crippen LogP contribution in [0.15, 0.2) is 77.7 Å².